The zero-order valence-corrected chi connectivity index (χ0v) is 12.4. The van der Waals surface area contributed by atoms with Crippen molar-refractivity contribution in [2.45, 2.75) is 19.1 Å². The molecule has 2 N–H and O–H groups in total. The second kappa shape index (κ2) is 5.91. The molecule has 1 aromatic rings. The molecule has 2 aliphatic heterocycles. The Bertz CT molecular complexity index is 521. The summed E-state index contributed by atoms with van der Waals surface area (Å²) in [4.78, 5) is 14.2. The van der Waals surface area contributed by atoms with Crippen LogP contribution in [-0.2, 0) is 4.74 Å². The van der Waals surface area contributed by atoms with Crippen LogP contribution in [0.3, 0.4) is 0 Å². The molecule has 0 spiro atoms. The zero-order chi connectivity index (χ0) is 14.8. The van der Waals surface area contributed by atoms with Gasteiger partial charge in [0.05, 0.1) is 38.1 Å². The number of amides is 2. The summed E-state index contributed by atoms with van der Waals surface area (Å²) >= 11 is 0. The lowest BCUT2D eigenvalue weighted by Crippen LogP contribution is -2.47. The van der Waals surface area contributed by atoms with Crippen LogP contribution in [0.2, 0.25) is 0 Å². The number of fused-ring (bicyclic) bond motifs is 1. The van der Waals surface area contributed by atoms with Crippen LogP contribution < -0.4 is 15.4 Å². The normalized spacial score (nSPS) is 24.6. The Kier molecular flexibility index (Phi) is 3.98. The molecule has 2 saturated heterocycles. The average molecular weight is 291 g/mol. The molecule has 2 amide bonds. The fourth-order valence-electron chi connectivity index (χ4n) is 2.87. The van der Waals surface area contributed by atoms with Gasteiger partial charge in [-0.05, 0) is 24.6 Å². The number of carbonyl (C=O) groups excluding carboxylic acids is 1. The highest BCUT2D eigenvalue weighted by Gasteiger charge is 2.37. The van der Waals surface area contributed by atoms with Gasteiger partial charge >= 0.3 is 6.03 Å². The molecule has 2 fully saturated rings. The van der Waals surface area contributed by atoms with Crippen LogP contribution in [0.5, 0.6) is 5.75 Å². The first-order valence-corrected chi connectivity index (χ1v) is 7.23. The summed E-state index contributed by atoms with van der Waals surface area (Å²) in [7, 11) is 1.60. The number of likely N-dealkylation sites (tertiary alicyclic amines) is 1. The average Bonchev–Trinajstić information content (AvgIpc) is 2.91. The van der Waals surface area contributed by atoms with E-state index in [2.05, 4.69) is 10.6 Å². The van der Waals surface area contributed by atoms with E-state index in [1.165, 1.54) is 0 Å². The minimum Gasteiger partial charge on any atom is -0.495 e. The summed E-state index contributed by atoms with van der Waals surface area (Å²) in [6.45, 7) is 4.84. The van der Waals surface area contributed by atoms with Gasteiger partial charge in [-0.25, -0.2) is 4.79 Å². The van der Waals surface area contributed by atoms with E-state index in [0.717, 1.165) is 12.1 Å². The predicted octanol–water partition coefficient (Wildman–Crippen LogP) is 1.21. The molecule has 0 unspecified atom stereocenters. The maximum atomic E-state index is 12.4. The van der Waals surface area contributed by atoms with E-state index in [9.17, 15) is 4.79 Å². The van der Waals surface area contributed by atoms with Gasteiger partial charge < -0.3 is 25.0 Å². The molecule has 2 aliphatic rings. The highest BCUT2D eigenvalue weighted by molar-refractivity contribution is 5.91. The van der Waals surface area contributed by atoms with Crippen molar-refractivity contribution < 1.29 is 14.3 Å². The van der Waals surface area contributed by atoms with Gasteiger partial charge in [0, 0.05) is 13.1 Å². The van der Waals surface area contributed by atoms with Gasteiger partial charge in [-0.2, -0.15) is 0 Å². The number of carbonyl (C=O) groups is 1. The van der Waals surface area contributed by atoms with E-state index in [4.69, 9.17) is 9.47 Å². The molecule has 114 valence electrons. The predicted molar refractivity (Wildman–Crippen MR) is 79.9 cm³/mol. The van der Waals surface area contributed by atoms with Crippen molar-refractivity contribution in [1.82, 2.24) is 10.2 Å². The third-order valence-electron chi connectivity index (χ3n) is 3.99. The fraction of sp³-hybridized carbons (Fsp3) is 0.533. The van der Waals surface area contributed by atoms with Crippen molar-refractivity contribution in [2.24, 2.45) is 0 Å². The number of ether oxygens (including phenoxy) is 2. The molecule has 6 nitrogen and oxygen atoms in total. The molecule has 0 radical (unpaired) electrons. The molecule has 21 heavy (non-hydrogen) atoms. The maximum Gasteiger partial charge on any atom is 0.322 e. The summed E-state index contributed by atoms with van der Waals surface area (Å²) < 4.78 is 11.0. The van der Waals surface area contributed by atoms with Crippen LogP contribution in [0.4, 0.5) is 10.5 Å². The number of nitrogens with one attached hydrogen (secondary N) is 2. The van der Waals surface area contributed by atoms with Crippen LogP contribution in [0, 0.1) is 6.92 Å². The van der Waals surface area contributed by atoms with Crippen LogP contribution in [0.1, 0.15) is 5.56 Å². The minimum atomic E-state index is -0.112. The van der Waals surface area contributed by atoms with E-state index in [0.29, 0.717) is 31.1 Å². The van der Waals surface area contributed by atoms with Crippen LogP contribution >= 0.6 is 0 Å². The Morgan fingerprint density at radius 2 is 2.33 bits per heavy atom. The van der Waals surface area contributed by atoms with Crippen molar-refractivity contribution in [3.05, 3.63) is 23.8 Å². The summed E-state index contributed by atoms with van der Waals surface area (Å²) in [5.74, 6) is 0.667. The number of morpholine rings is 1. The van der Waals surface area contributed by atoms with Gasteiger partial charge in [0.1, 0.15) is 5.75 Å². The topological polar surface area (TPSA) is 62.8 Å². The standard InChI is InChI=1S/C15H21N3O3/c1-10-3-4-13(20-2)11(7-10)17-15(19)18-8-12-14(9-18)21-6-5-16-12/h3-4,7,12,14,16H,5-6,8-9H2,1-2H3,(H,17,19)/t12-,14-/m0/s1. The summed E-state index contributed by atoms with van der Waals surface area (Å²) in [5, 5.41) is 6.32. The molecule has 1 aromatic carbocycles. The molecular formula is C15H21N3O3. The lowest BCUT2D eigenvalue weighted by molar-refractivity contribution is 0.0187. The lowest BCUT2D eigenvalue weighted by atomic mass is 10.2. The number of hydrogen-bond acceptors (Lipinski definition) is 4. The zero-order valence-electron chi connectivity index (χ0n) is 12.4. The van der Waals surface area contributed by atoms with Crippen LogP contribution in [0.25, 0.3) is 0 Å². The number of anilines is 1. The molecule has 0 bridgehead atoms. The Labute approximate surface area is 124 Å². The molecule has 2 heterocycles. The van der Waals surface area contributed by atoms with Crippen LogP contribution in [0.15, 0.2) is 18.2 Å². The quantitative estimate of drug-likeness (QED) is 0.860. The molecule has 0 aliphatic carbocycles. The summed E-state index contributed by atoms with van der Waals surface area (Å²) in [5.41, 5.74) is 1.78. The Morgan fingerprint density at radius 1 is 1.48 bits per heavy atom. The van der Waals surface area contributed by atoms with Crippen molar-refractivity contribution in [3.8, 4) is 5.75 Å². The second-order valence-corrected chi connectivity index (χ2v) is 5.51. The van der Waals surface area contributed by atoms with Gasteiger partial charge in [-0.1, -0.05) is 6.07 Å². The largest absolute Gasteiger partial charge is 0.495 e. The maximum absolute atomic E-state index is 12.4. The first-order valence-electron chi connectivity index (χ1n) is 7.23. The second-order valence-electron chi connectivity index (χ2n) is 5.51. The van der Waals surface area contributed by atoms with E-state index >= 15 is 0 Å². The van der Waals surface area contributed by atoms with Gasteiger partial charge in [0.25, 0.3) is 0 Å². The number of rotatable bonds is 2. The molecule has 3 rings (SSSR count). The Hall–Kier alpha value is -1.79. The fourth-order valence-corrected chi connectivity index (χ4v) is 2.87. The number of aryl methyl sites for hydroxylation is 1. The molecular weight excluding hydrogens is 270 g/mol. The molecule has 0 aromatic heterocycles. The number of nitrogens with zero attached hydrogens (tertiary/aromatic N) is 1. The smallest absolute Gasteiger partial charge is 0.322 e. The van der Waals surface area contributed by atoms with Gasteiger partial charge in [0.15, 0.2) is 0 Å². The van der Waals surface area contributed by atoms with Crippen LogP contribution in [-0.4, -0.2) is 56.4 Å². The SMILES string of the molecule is COc1ccc(C)cc1NC(=O)N1C[C@@H]2NCCO[C@H]2C1. The highest BCUT2D eigenvalue weighted by Crippen LogP contribution is 2.26. The minimum absolute atomic E-state index is 0.101. The van der Waals surface area contributed by atoms with Crippen molar-refractivity contribution in [1.29, 1.82) is 0 Å². The van der Waals surface area contributed by atoms with E-state index in [1.54, 1.807) is 12.0 Å². The van der Waals surface area contributed by atoms with Gasteiger partial charge in [0.2, 0.25) is 0 Å². The highest BCUT2D eigenvalue weighted by atomic mass is 16.5. The summed E-state index contributed by atoms with van der Waals surface area (Å²) in [6.07, 6.45) is 0.101. The molecule has 6 heteroatoms. The van der Waals surface area contributed by atoms with E-state index in [1.807, 2.05) is 25.1 Å². The van der Waals surface area contributed by atoms with E-state index in [-0.39, 0.29) is 18.2 Å². The number of urea groups is 1. The molecule has 0 saturated carbocycles. The van der Waals surface area contributed by atoms with Gasteiger partial charge in [-0.15, -0.1) is 0 Å². The summed E-state index contributed by atoms with van der Waals surface area (Å²) in [6, 6.07) is 5.85. The van der Waals surface area contributed by atoms with Gasteiger partial charge in [-0.3, -0.25) is 0 Å². The van der Waals surface area contributed by atoms with Crippen molar-refractivity contribution in [3.63, 3.8) is 0 Å². The number of methoxy groups -OCH3 is 1. The number of hydrogen-bond donors (Lipinski definition) is 2. The first kappa shape index (κ1) is 14.2. The van der Waals surface area contributed by atoms with Crippen molar-refractivity contribution in [2.75, 3.05) is 38.7 Å². The lowest BCUT2D eigenvalue weighted by Gasteiger charge is -2.25. The first-order chi connectivity index (χ1) is 10.2. The van der Waals surface area contributed by atoms with E-state index < -0.39 is 0 Å². The monoisotopic (exact) mass is 291 g/mol. The Balaban J connectivity index is 1.68. The molecule has 2 atom stereocenters. The number of benzene rings is 1. The third-order valence-corrected chi connectivity index (χ3v) is 3.99. The third kappa shape index (κ3) is 2.96. The Morgan fingerprint density at radius 3 is 3.10 bits per heavy atom. The van der Waals surface area contributed by atoms with Crippen molar-refractivity contribution >= 4 is 11.7 Å².